The number of hydrogen-bond acceptors (Lipinski definition) is 6. The van der Waals surface area contributed by atoms with Crippen molar-refractivity contribution in [1.82, 2.24) is 24.3 Å². The van der Waals surface area contributed by atoms with Crippen LogP contribution in [0.3, 0.4) is 0 Å². The van der Waals surface area contributed by atoms with Gasteiger partial charge in [0, 0.05) is 13.1 Å². The van der Waals surface area contributed by atoms with E-state index >= 15 is 0 Å². The molecule has 0 aliphatic rings. The first-order valence-electron chi connectivity index (χ1n) is 7.90. The molecule has 0 spiro atoms. The smallest absolute Gasteiger partial charge is 0.358 e. The molecule has 25 heavy (non-hydrogen) atoms. The molecule has 0 atom stereocenters. The van der Waals surface area contributed by atoms with Gasteiger partial charge in [0.15, 0.2) is 0 Å². The van der Waals surface area contributed by atoms with Crippen LogP contribution in [0.15, 0.2) is 11.0 Å². The van der Waals surface area contributed by atoms with Gasteiger partial charge in [-0.2, -0.15) is 9.78 Å². The van der Waals surface area contributed by atoms with Gasteiger partial charge in [-0.15, -0.1) is 0 Å². The molecular weight excluding hydrogens is 348 g/mol. The fourth-order valence-electron chi connectivity index (χ4n) is 2.69. The fraction of sp³-hybridized carbons (Fsp3) is 0.571. The third-order valence-corrected chi connectivity index (χ3v) is 5.59. The lowest BCUT2D eigenvalue weighted by Crippen LogP contribution is -2.26. The predicted octanol–water partition coefficient (Wildman–Crippen LogP) is 1.30. The Bertz CT molecular complexity index is 884. The molecule has 0 aromatic carbocycles. The van der Waals surface area contributed by atoms with E-state index in [1.165, 1.54) is 10.7 Å². The Morgan fingerprint density at radius 3 is 2.44 bits per heavy atom. The van der Waals surface area contributed by atoms with Gasteiger partial charge in [0.05, 0.1) is 34.8 Å². The van der Waals surface area contributed by atoms with Crippen molar-refractivity contribution < 1.29 is 13.3 Å². The zero-order valence-corrected chi connectivity index (χ0v) is 15.5. The van der Waals surface area contributed by atoms with Crippen LogP contribution in [0.1, 0.15) is 30.4 Å². The second-order valence-corrected chi connectivity index (χ2v) is 7.40. The van der Waals surface area contributed by atoms with Gasteiger partial charge >= 0.3 is 5.82 Å². The number of nitrogens with one attached hydrogen (secondary N) is 1. The molecule has 138 valence electrons. The molecule has 0 aliphatic heterocycles. The lowest BCUT2D eigenvalue weighted by molar-refractivity contribution is -0.389. The fourth-order valence-corrected chi connectivity index (χ4v) is 4.17. The maximum Gasteiger partial charge on any atom is 0.390 e. The molecule has 0 unspecified atom stereocenters. The first kappa shape index (κ1) is 19.1. The van der Waals surface area contributed by atoms with Crippen molar-refractivity contribution in [3.05, 3.63) is 33.3 Å². The number of aryl methyl sites for hydroxylation is 4. The van der Waals surface area contributed by atoms with Crippen molar-refractivity contribution in [2.45, 2.75) is 52.1 Å². The first-order valence-corrected chi connectivity index (χ1v) is 9.38. The van der Waals surface area contributed by atoms with E-state index < -0.39 is 14.9 Å². The van der Waals surface area contributed by atoms with Crippen LogP contribution >= 0.6 is 0 Å². The topological polar surface area (TPSA) is 125 Å². The first-order chi connectivity index (χ1) is 11.7. The molecule has 0 bridgehead atoms. The summed E-state index contributed by atoms with van der Waals surface area (Å²) in [4.78, 5) is 10.4. The summed E-state index contributed by atoms with van der Waals surface area (Å²) in [7, 11) is -3.65. The minimum Gasteiger partial charge on any atom is -0.358 e. The maximum absolute atomic E-state index is 12.5. The Morgan fingerprint density at radius 1 is 1.24 bits per heavy atom. The van der Waals surface area contributed by atoms with Gasteiger partial charge in [0.1, 0.15) is 4.90 Å². The van der Waals surface area contributed by atoms with Crippen LogP contribution in [-0.4, -0.2) is 39.4 Å². The summed E-state index contributed by atoms with van der Waals surface area (Å²) < 4.78 is 30.7. The average molecular weight is 370 g/mol. The second-order valence-electron chi connectivity index (χ2n) is 5.69. The second kappa shape index (κ2) is 7.31. The number of rotatable bonds is 8. The lowest BCUT2D eigenvalue weighted by Gasteiger charge is -2.07. The van der Waals surface area contributed by atoms with Gasteiger partial charge in [0.25, 0.3) is 0 Å². The van der Waals surface area contributed by atoms with Gasteiger partial charge < -0.3 is 10.1 Å². The van der Waals surface area contributed by atoms with Crippen LogP contribution in [0.25, 0.3) is 0 Å². The van der Waals surface area contributed by atoms with Gasteiger partial charge in [-0.25, -0.2) is 13.1 Å². The van der Waals surface area contributed by atoms with Gasteiger partial charge in [-0.05, 0) is 39.0 Å². The zero-order chi connectivity index (χ0) is 18.8. The van der Waals surface area contributed by atoms with E-state index in [1.54, 1.807) is 25.5 Å². The Hall–Kier alpha value is -2.27. The largest absolute Gasteiger partial charge is 0.390 e. The highest BCUT2D eigenvalue weighted by atomic mass is 32.2. The summed E-state index contributed by atoms with van der Waals surface area (Å²) in [6.07, 6.45) is 0.457. The van der Waals surface area contributed by atoms with E-state index in [0.717, 1.165) is 0 Å². The van der Waals surface area contributed by atoms with Crippen LogP contribution < -0.4 is 4.72 Å². The van der Waals surface area contributed by atoms with E-state index in [0.29, 0.717) is 36.6 Å². The third-order valence-electron chi connectivity index (χ3n) is 3.88. The van der Waals surface area contributed by atoms with Crippen LogP contribution in [0, 0.1) is 30.9 Å². The minimum atomic E-state index is -3.65. The molecule has 0 fully saturated rings. The van der Waals surface area contributed by atoms with E-state index in [4.69, 9.17) is 0 Å². The highest BCUT2D eigenvalue weighted by Gasteiger charge is 2.24. The summed E-state index contributed by atoms with van der Waals surface area (Å²) in [5.74, 6) is -0.212. The zero-order valence-electron chi connectivity index (χ0n) is 14.7. The average Bonchev–Trinajstić information content (AvgIpc) is 3.04. The minimum absolute atomic E-state index is 0.200. The van der Waals surface area contributed by atoms with Crippen molar-refractivity contribution in [2.24, 2.45) is 0 Å². The molecule has 0 saturated carbocycles. The van der Waals surface area contributed by atoms with Crippen LogP contribution in [-0.2, 0) is 23.1 Å². The highest BCUT2D eigenvalue weighted by molar-refractivity contribution is 7.89. The normalized spacial score (nSPS) is 11.8. The summed E-state index contributed by atoms with van der Waals surface area (Å²) in [5, 5.41) is 18.8. The molecule has 0 radical (unpaired) electrons. The van der Waals surface area contributed by atoms with Crippen molar-refractivity contribution in [1.29, 1.82) is 0 Å². The van der Waals surface area contributed by atoms with Crippen molar-refractivity contribution >= 4 is 15.8 Å². The van der Waals surface area contributed by atoms with Crippen molar-refractivity contribution in [3.63, 3.8) is 0 Å². The molecular formula is C14H22N6O4S. The third kappa shape index (κ3) is 4.04. The number of nitro groups is 1. The van der Waals surface area contributed by atoms with Gasteiger partial charge in [0.2, 0.25) is 10.0 Å². The van der Waals surface area contributed by atoms with E-state index in [1.807, 2.05) is 6.92 Å². The maximum atomic E-state index is 12.5. The van der Waals surface area contributed by atoms with Gasteiger partial charge in [-0.1, -0.05) is 0 Å². The van der Waals surface area contributed by atoms with Crippen LogP contribution in [0.4, 0.5) is 5.82 Å². The Balaban J connectivity index is 2.00. The highest BCUT2D eigenvalue weighted by Crippen LogP contribution is 2.19. The molecule has 0 aliphatic carbocycles. The summed E-state index contributed by atoms with van der Waals surface area (Å²) in [6.45, 7) is 8.19. The summed E-state index contributed by atoms with van der Waals surface area (Å²) in [5.41, 5.74) is 1.72. The molecule has 2 rings (SSSR count). The number of sulfonamides is 1. The molecule has 0 amide bonds. The Morgan fingerprint density at radius 2 is 1.92 bits per heavy atom. The SMILES string of the molecule is CCn1nc(C)c(S(=O)(=O)NCCCn2nc([N+](=O)[O-])cc2C)c1C. The number of hydrogen-bond donors (Lipinski definition) is 1. The lowest BCUT2D eigenvalue weighted by atomic mass is 10.4. The standard InChI is InChI=1S/C14H22N6O4S/c1-5-18-12(4)14(11(3)16-18)25(23,24)15-7-6-8-19-10(2)9-13(17-19)20(21)22/h9,15H,5-8H2,1-4H3. The molecule has 1 N–H and O–H groups in total. The predicted molar refractivity (Wildman–Crippen MR) is 90.8 cm³/mol. The molecule has 10 nitrogen and oxygen atoms in total. The van der Waals surface area contributed by atoms with Gasteiger partial charge in [-0.3, -0.25) is 4.68 Å². The van der Waals surface area contributed by atoms with E-state index in [9.17, 15) is 18.5 Å². The van der Waals surface area contributed by atoms with E-state index in [2.05, 4.69) is 14.9 Å². The number of aromatic nitrogens is 4. The summed E-state index contributed by atoms with van der Waals surface area (Å²) in [6, 6.07) is 1.38. The monoisotopic (exact) mass is 370 g/mol. The van der Waals surface area contributed by atoms with Crippen molar-refractivity contribution in [2.75, 3.05) is 6.54 Å². The molecule has 2 aromatic rings. The molecule has 11 heteroatoms. The quantitative estimate of drug-likeness (QED) is 0.424. The molecule has 2 heterocycles. The van der Waals surface area contributed by atoms with Crippen LogP contribution in [0.2, 0.25) is 0 Å². The Kier molecular flexibility index (Phi) is 5.58. The summed E-state index contributed by atoms with van der Waals surface area (Å²) >= 11 is 0. The molecule has 0 saturated heterocycles. The van der Waals surface area contributed by atoms with Crippen molar-refractivity contribution in [3.8, 4) is 0 Å². The Labute approximate surface area is 146 Å². The molecule has 2 aromatic heterocycles. The van der Waals surface area contributed by atoms with E-state index in [-0.39, 0.29) is 17.3 Å². The number of nitrogens with zero attached hydrogens (tertiary/aromatic N) is 5. The van der Waals surface area contributed by atoms with Crippen LogP contribution in [0.5, 0.6) is 0 Å².